The Labute approximate surface area is 73.3 Å². The average molecular weight is 165 g/mol. The van der Waals surface area contributed by atoms with Crippen LogP contribution in [0.2, 0.25) is 0 Å². The molecule has 0 amide bonds. The van der Waals surface area contributed by atoms with Crippen molar-refractivity contribution in [1.29, 1.82) is 0 Å². The van der Waals surface area contributed by atoms with E-state index < -0.39 is 0 Å². The zero-order chi connectivity index (χ0) is 8.81. The molecule has 2 heteroatoms. The highest BCUT2D eigenvalue weighted by molar-refractivity contribution is 5.08. The van der Waals surface area contributed by atoms with E-state index in [1.165, 1.54) is 5.56 Å². The second-order valence-corrected chi connectivity index (χ2v) is 2.96. The van der Waals surface area contributed by atoms with Crippen LogP contribution in [0.3, 0.4) is 0 Å². The summed E-state index contributed by atoms with van der Waals surface area (Å²) in [4.78, 5) is 4.01. The quantitative estimate of drug-likeness (QED) is 0.737. The summed E-state index contributed by atoms with van der Waals surface area (Å²) >= 11 is 0. The molecule has 1 atom stereocenters. The SMILES string of the molecule is CC[C@H](O)CCc1cccnc1. The van der Waals surface area contributed by atoms with E-state index in [2.05, 4.69) is 4.98 Å². The Bertz CT molecular complexity index is 210. The van der Waals surface area contributed by atoms with Crippen molar-refractivity contribution < 1.29 is 5.11 Å². The summed E-state index contributed by atoms with van der Waals surface area (Å²) < 4.78 is 0. The van der Waals surface area contributed by atoms with Gasteiger partial charge in [0.15, 0.2) is 0 Å². The standard InChI is InChI=1S/C10H15NO/c1-2-10(12)6-5-9-4-3-7-11-8-9/h3-4,7-8,10,12H,2,5-6H2,1H3/t10-/m0/s1. The minimum absolute atomic E-state index is 0.162. The molecule has 0 bridgehead atoms. The van der Waals surface area contributed by atoms with E-state index in [4.69, 9.17) is 0 Å². The van der Waals surface area contributed by atoms with Crippen molar-refractivity contribution in [2.45, 2.75) is 32.3 Å². The normalized spacial score (nSPS) is 12.8. The average Bonchev–Trinajstić information content (AvgIpc) is 2.16. The monoisotopic (exact) mass is 165 g/mol. The lowest BCUT2D eigenvalue weighted by Crippen LogP contribution is -2.05. The number of aromatic nitrogens is 1. The molecule has 1 aromatic heterocycles. The summed E-state index contributed by atoms with van der Waals surface area (Å²) in [5.74, 6) is 0. The Morgan fingerprint density at radius 1 is 1.58 bits per heavy atom. The summed E-state index contributed by atoms with van der Waals surface area (Å²) in [6, 6.07) is 3.96. The molecule has 0 aliphatic carbocycles. The summed E-state index contributed by atoms with van der Waals surface area (Å²) in [5, 5.41) is 9.30. The topological polar surface area (TPSA) is 33.1 Å². The van der Waals surface area contributed by atoms with E-state index in [1.54, 1.807) is 6.20 Å². The van der Waals surface area contributed by atoms with Crippen LogP contribution in [0.15, 0.2) is 24.5 Å². The van der Waals surface area contributed by atoms with Crippen molar-refractivity contribution in [1.82, 2.24) is 4.98 Å². The van der Waals surface area contributed by atoms with Crippen molar-refractivity contribution in [2.24, 2.45) is 0 Å². The van der Waals surface area contributed by atoms with Gasteiger partial charge in [-0.05, 0) is 30.9 Å². The fraction of sp³-hybridized carbons (Fsp3) is 0.500. The fourth-order valence-electron chi connectivity index (χ4n) is 1.08. The number of aliphatic hydroxyl groups excluding tert-OH is 1. The number of nitrogens with zero attached hydrogens (tertiary/aromatic N) is 1. The van der Waals surface area contributed by atoms with Crippen molar-refractivity contribution in [3.8, 4) is 0 Å². The van der Waals surface area contributed by atoms with Gasteiger partial charge in [-0.15, -0.1) is 0 Å². The molecule has 12 heavy (non-hydrogen) atoms. The predicted octanol–water partition coefficient (Wildman–Crippen LogP) is 1.79. The summed E-state index contributed by atoms with van der Waals surface area (Å²) in [6.07, 6.45) is 6.04. The Balaban J connectivity index is 2.33. The summed E-state index contributed by atoms with van der Waals surface area (Å²) in [7, 11) is 0. The van der Waals surface area contributed by atoms with Gasteiger partial charge < -0.3 is 5.11 Å². The number of hydrogen-bond donors (Lipinski definition) is 1. The maximum absolute atomic E-state index is 9.30. The van der Waals surface area contributed by atoms with Crippen LogP contribution in [0.25, 0.3) is 0 Å². The molecule has 0 unspecified atom stereocenters. The number of rotatable bonds is 4. The molecule has 0 saturated carbocycles. The van der Waals surface area contributed by atoms with Crippen LogP contribution in [0.4, 0.5) is 0 Å². The van der Waals surface area contributed by atoms with Crippen LogP contribution in [-0.4, -0.2) is 16.2 Å². The van der Waals surface area contributed by atoms with Gasteiger partial charge >= 0.3 is 0 Å². The third-order valence-corrected chi connectivity index (χ3v) is 1.96. The molecule has 0 aliphatic rings. The van der Waals surface area contributed by atoms with Crippen molar-refractivity contribution in [3.05, 3.63) is 30.1 Å². The van der Waals surface area contributed by atoms with Gasteiger partial charge in [0, 0.05) is 12.4 Å². The Hall–Kier alpha value is -0.890. The second-order valence-electron chi connectivity index (χ2n) is 2.96. The van der Waals surface area contributed by atoms with Gasteiger partial charge in [0.05, 0.1) is 6.10 Å². The Morgan fingerprint density at radius 2 is 2.42 bits per heavy atom. The van der Waals surface area contributed by atoms with Crippen LogP contribution in [0.1, 0.15) is 25.3 Å². The molecule has 0 fully saturated rings. The molecule has 0 aliphatic heterocycles. The fourth-order valence-corrected chi connectivity index (χ4v) is 1.08. The van der Waals surface area contributed by atoms with E-state index >= 15 is 0 Å². The van der Waals surface area contributed by atoms with Gasteiger partial charge in [0.1, 0.15) is 0 Å². The second kappa shape index (κ2) is 4.88. The van der Waals surface area contributed by atoms with Crippen LogP contribution >= 0.6 is 0 Å². The van der Waals surface area contributed by atoms with Gasteiger partial charge in [-0.25, -0.2) is 0 Å². The zero-order valence-electron chi connectivity index (χ0n) is 7.40. The van der Waals surface area contributed by atoms with Crippen molar-refractivity contribution >= 4 is 0 Å². The summed E-state index contributed by atoms with van der Waals surface area (Å²) in [6.45, 7) is 1.99. The number of aliphatic hydroxyl groups is 1. The van der Waals surface area contributed by atoms with E-state index in [0.717, 1.165) is 19.3 Å². The number of aryl methyl sites for hydroxylation is 1. The summed E-state index contributed by atoms with van der Waals surface area (Å²) in [5.41, 5.74) is 1.20. The lowest BCUT2D eigenvalue weighted by molar-refractivity contribution is 0.160. The first-order valence-electron chi connectivity index (χ1n) is 4.40. The zero-order valence-corrected chi connectivity index (χ0v) is 7.40. The smallest absolute Gasteiger partial charge is 0.0540 e. The number of hydrogen-bond acceptors (Lipinski definition) is 2. The number of pyridine rings is 1. The van der Waals surface area contributed by atoms with E-state index in [0.29, 0.717) is 0 Å². The lowest BCUT2D eigenvalue weighted by Gasteiger charge is -2.06. The predicted molar refractivity (Wildman–Crippen MR) is 48.9 cm³/mol. The molecule has 0 saturated heterocycles. The first-order chi connectivity index (χ1) is 5.83. The Morgan fingerprint density at radius 3 is 3.00 bits per heavy atom. The van der Waals surface area contributed by atoms with E-state index in [-0.39, 0.29) is 6.10 Å². The van der Waals surface area contributed by atoms with Gasteiger partial charge in [-0.2, -0.15) is 0 Å². The van der Waals surface area contributed by atoms with Crippen LogP contribution < -0.4 is 0 Å². The minimum atomic E-state index is -0.162. The maximum Gasteiger partial charge on any atom is 0.0540 e. The highest BCUT2D eigenvalue weighted by Gasteiger charge is 2.00. The molecular weight excluding hydrogens is 150 g/mol. The first-order valence-corrected chi connectivity index (χ1v) is 4.40. The van der Waals surface area contributed by atoms with Gasteiger partial charge in [-0.1, -0.05) is 13.0 Å². The molecule has 0 aromatic carbocycles. The maximum atomic E-state index is 9.30. The van der Waals surface area contributed by atoms with Gasteiger partial charge in [0.25, 0.3) is 0 Å². The molecule has 1 N–H and O–H groups in total. The highest BCUT2D eigenvalue weighted by Crippen LogP contribution is 2.04. The van der Waals surface area contributed by atoms with Crippen LogP contribution in [-0.2, 0) is 6.42 Å². The molecule has 66 valence electrons. The molecule has 2 nitrogen and oxygen atoms in total. The third kappa shape index (κ3) is 3.01. The van der Waals surface area contributed by atoms with Crippen LogP contribution in [0.5, 0.6) is 0 Å². The molecule has 1 rings (SSSR count). The first kappa shape index (κ1) is 9.20. The van der Waals surface area contributed by atoms with Gasteiger partial charge in [0.2, 0.25) is 0 Å². The van der Waals surface area contributed by atoms with E-state index in [1.807, 2.05) is 25.3 Å². The van der Waals surface area contributed by atoms with E-state index in [9.17, 15) is 5.11 Å². The lowest BCUT2D eigenvalue weighted by atomic mass is 10.1. The highest BCUT2D eigenvalue weighted by atomic mass is 16.3. The molecule has 0 spiro atoms. The Kier molecular flexibility index (Phi) is 3.74. The molecule has 0 radical (unpaired) electrons. The molecular formula is C10H15NO. The molecule has 1 heterocycles. The largest absolute Gasteiger partial charge is 0.393 e. The van der Waals surface area contributed by atoms with Gasteiger partial charge in [-0.3, -0.25) is 4.98 Å². The van der Waals surface area contributed by atoms with Crippen LogP contribution in [0, 0.1) is 0 Å². The van der Waals surface area contributed by atoms with Crippen molar-refractivity contribution in [2.75, 3.05) is 0 Å². The minimum Gasteiger partial charge on any atom is -0.393 e. The third-order valence-electron chi connectivity index (χ3n) is 1.96. The molecule has 1 aromatic rings. The van der Waals surface area contributed by atoms with Crippen molar-refractivity contribution in [3.63, 3.8) is 0 Å².